The highest BCUT2D eigenvalue weighted by Gasteiger charge is 2.09. The molecule has 5 heteroatoms. The summed E-state index contributed by atoms with van der Waals surface area (Å²) in [7, 11) is 1.67. The summed E-state index contributed by atoms with van der Waals surface area (Å²) in [6.07, 6.45) is 0. The summed E-state index contributed by atoms with van der Waals surface area (Å²) in [5.41, 5.74) is 1.12. The Balaban J connectivity index is 0.00000200. The molecule has 1 aromatic heterocycles. The van der Waals surface area contributed by atoms with E-state index < -0.39 is 0 Å². The molecule has 0 aliphatic heterocycles. The van der Waals surface area contributed by atoms with Gasteiger partial charge in [-0.3, -0.25) is 0 Å². The second kappa shape index (κ2) is 8.84. The lowest BCUT2D eigenvalue weighted by Crippen LogP contribution is -2.13. The average Bonchev–Trinajstić information content (AvgIpc) is 2.94. The molecule has 0 fully saturated rings. The summed E-state index contributed by atoms with van der Waals surface area (Å²) >= 11 is 1.76. The second-order valence-corrected chi connectivity index (χ2v) is 5.10. The predicted molar refractivity (Wildman–Crippen MR) is 86.3 cm³/mol. The number of benzene rings is 1. The highest BCUT2D eigenvalue weighted by atomic mass is 35.5. The standard InChI is InChI=1S/C15H19NO2S.ClH/c1-3-18-15-12(6-4-8-14(15)17-2)10-16-11-13-7-5-9-19-13;/h4-9,16H,3,10-11H2,1-2H3;1H. The van der Waals surface area contributed by atoms with E-state index in [0.29, 0.717) is 6.61 Å². The molecular formula is C15H20ClNO2S. The molecule has 0 aliphatic rings. The first-order chi connectivity index (χ1) is 9.35. The quantitative estimate of drug-likeness (QED) is 0.842. The zero-order valence-electron chi connectivity index (χ0n) is 11.7. The highest BCUT2D eigenvalue weighted by molar-refractivity contribution is 7.09. The van der Waals surface area contributed by atoms with Crippen LogP contribution in [0.5, 0.6) is 11.5 Å². The molecule has 3 nitrogen and oxygen atoms in total. The van der Waals surface area contributed by atoms with Gasteiger partial charge in [0, 0.05) is 23.5 Å². The zero-order valence-corrected chi connectivity index (χ0v) is 13.4. The lowest BCUT2D eigenvalue weighted by Gasteiger charge is -2.14. The van der Waals surface area contributed by atoms with Gasteiger partial charge in [-0.25, -0.2) is 0 Å². The number of methoxy groups -OCH3 is 1. The van der Waals surface area contributed by atoms with Crippen molar-refractivity contribution in [1.29, 1.82) is 0 Å². The third-order valence-electron chi connectivity index (χ3n) is 2.76. The molecule has 1 aromatic carbocycles. The Hall–Kier alpha value is -1.23. The highest BCUT2D eigenvalue weighted by Crippen LogP contribution is 2.31. The van der Waals surface area contributed by atoms with Crippen LogP contribution in [-0.4, -0.2) is 13.7 Å². The summed E-state index contributed by atoms with van der Waals surface area (Å²) in [6, 6.07) is 10.2. The van der Waals surface area contributed by atoms with Gasteiger partial charge in [0.2, 0.25) is 0 Å². The normalized spacial score (nSPS) is 9.90. The van der Waals surface area contributed by atoms with Gasteiger partial charge >= 0.3 is 0 Å². The van der Waals surface area contributed by atoms with Gasteiger partial charge in [0.1, 0.15) is 0 Å². The molecule has 2 aromatic rings. The van der Waals surface area contributed by atoms with Gasteiger partial charge in [-0.05, 0) is 24.4 Å². The van der Waals surface area contributed by atoms with Gasteiger partial charge in [0.05, 0.1) is 13.7 Å². The molecule has 1 heterocycles. The monoisotopic (exact) mass is 313 g/mol. The first-order valence-electron chi connectivity index (χ1n) is 6.37. The fourth-order valence-corrected chi connectivity index (χ4v) is 2.58. The minimum absolute atomic E-state index is 0. The van der Waals surface area contributed by atoms with Gasteiger partial charge in [-0.2, -0.15) is 0 Å². The topological polar surface area (TPSA) is 30.5 Å². The van der Waals surface area contributed by atoms with E-state index in [2.05, 4.69) is 28.9 Å². The number of hydrogen-bond donors (Lipinski definition) is 1. The van der Waals surface area contributed by atoms with Gasteiger partial charge in [-0.15, -0.1) is 23.7 Å². The maximum absolute atomic E-state index is 5.68. The number of thiophene rings is 1. The van der Waals surface area contributed by atoms with Crippen LogP contribution in [-0.2, 0) is 13.1 Å². The van der Waals surface area contributed by atoms with Gasteiger partial charge < -0.3 is 14.8 Å². The molecule has 0 saturated heterocycles. The van der Waals surface area contributed by atoms with Crippen LogP contribution in [0, 0.1) is 0 Å². The van der Waals surface area contributed by atoms with Crippen molar-refractivity contribution in [3.05, 3.63) is 46.2 Å². The van der Waals surface area contributed by atoms with E-state index >= 15 is 0 Å². The van der Waals surface area contributed by atoms with Crippen molar-refractivity contribution in [2.75, 3.05) is 13.7 Å². The Morgan fingerprint density at radius 2 is 2.00 bits per heavy atom. The van der Waals surface area contributed by atoms with E-state index in [1.54, 1.807) is 18.4 Å². The first kappa shape index (κ1) is 16.8. The first-order valence-corrected chi connectivity index (χ1v) is 7.25. The molecule has 0 bridgehead atoms. The zero-order chi connectivity index (χ0) is 13.5. The van der Waals surface area contributed by atoms with Crippen LogP contribution in [0.2, 0.25) is 0 Å². The summed E-state index contributed by atoms with van der Waals surface area (Å²) in [5, 5.41) is 5.52. The SMILES string of the molecule is CCOc1c(CNCc2cccs2)cccc1OC.Cl. The predicted octanol–water partition coefficient (Wildman–Crippen LogP) is 3.87. The Bertz CT molecular complexity index is 503. The van der Waals surface area contributed by atoms with Crippen molar-refractivity contribution in [3.8, 4) is 11.5 Å². The van der Waals surface area contributed by atoms with Crippen molar-refractivity contribution >= 4 is 23.7 Å². The molecule has 2 rings (SSSR count). The number of halogens is 1. The minimum Gasteiger partial charge on any atom is -0.493 e. The maximum Gasteiger partial charge on any atom is 0.165 e. The minimum atomic E-state index is 0. The Kier molecular flexibility index (Phi) is 7.44. The van der Waals surface area contributed by atoms with Gasteiger partial charge in [-0.1, -0.05) is 18.2 Å². The van der Waals surface area contributed by atoms with Crippen molar-refractivity contribution in [3.63, 3.8) is 0 Å². The Labute approximate surface area is 130 Å². The molecular weight excluding hydrogens is 294 g/mol. The van der Waals surface area contributed by atoms with Crippen molar-refractivity contribution < 1.29 is 9.47 Å². The number of rotatable bonds is 7. The van der Waals surface area contributed by atoms with Crippen molar-refractivity contribution in [2.45, 2.75) is 20.0 Å². The van der Waals surface area contributed by atoms with Crippen LogP contribution in [0.1, 0.15) is 17.4 Å². The van der Waals surface area contributed by atoms with E-state index in [1.165, 1.54) is 4.88 Å². The van der Waals surface area contributed by atoms with E-state index in [0.717, 1.165) is 30.2 Å². The number of nitrogens with one attached hydrogen (secondary N) is 1. The smallest absolute Gasteiger partial charge is 0.165 e. The third kappa shape index (κ3) is 4.40. The third-order valence-corrected chi connectivity index (χ3v) is 3.64. The molecule has 0 unspecified atom stereocenters. The van der Waals surface area contributed by atoms with E-state index in [9.17, 15) is 0 Å². The van der Waals surface area contributed by atoms with Crippen LogP contribution in [0.15, 0.2) is 35.7 Å². The molecule has 110 valence electrons. The Morgan fingerprint density at radius 3 is 2.65 bits per heavy atom. The van der Waals surface area contributed by atoms with Crippen LogP contribution >= 0.6 is 23.7 Å². The summed E-state index contributed by atoms with van der Waals surface area (Å²) in [5.74, 6) is 1.63. The second-order valence-electron chi connectivity index (χ2n) is 4.06. The molecule has 20 heavy (non-hydrogen) atoms. The number of ether oxygens (including phenoxy) is 2. The Morgan fingerprint density at radius 1 is 1.15 bits per heavy atom. The van der Waals surface area contributed by atoms with Crippen molar-refractivity contribution in [1.82, 2.24) is 5.32 Å². The van der Waals surface area contributed by atoms with Crippen molar-refractivity contribution in [2.24, 2.45) is 0 Å². The van der Waals surface area contributed by atoms with Gasteiger partial charge in [0.15, 0.2) is 11.5 Å². The fraction of sp³-hybridized carbons (Fsp3) is 0.333. The molecule has 0 aliphatic carbocycles. The molecule has 0 spiro atoms. The molecule has 1 N–H and O–H groups in total. The molecule has 0 radical (unpaired) electrons. The van der Waals surface area contributed by atoms with Crippen LogP contribution in [0.4, 0.5) is 0 Å². The van der Waals surface area contributed by atoms with E-state index in [1.807, 2.05) is 19.1 Å². The lowest BCUT2D eigenvalue weighted by atomic mass is 10.2. The summed E-state index contributed by atoms with van der Waals surface area (Å²) < 4.78 is 11.0. The molecule has 0 amide bonds. The van der Waals surface area contributed by atoms with Crippen LogP contribution < -0.4 is 14.8 Å². The van der Waals surface area contributed by atoms with E-state index in [-0.39, 0.29) is 12.4 Å². The maximum atomic E-state index is 5.68. The van der Waals surface area contributed by atoms with Gasteiger partial charge in [0.25, 0.3) is 0 Å². The summed E-state index contributed by atoms with van der Waals surface area (Å²) in [6.45, 7) is 4.26. The van der Waals surface area contributed by atoms with Crippen LogP contribution in [0.3, 0.4) is 0 Å². The number of para-hydroxylation sites is 1. The van der Waals surface area contributed by atoms with Crippen LogP contribution in [0.25, 0.3) is 0 Å². The number of hydrogen-bond acceptors (Lipinski definition) is 4. The lowest BCUT2D eigenvalue weighted by molar-refractivity contribution is 0.307. The fourth-order valence-electron chi connectivity index (χ4n) is 1.90. The largest absolute Gasteiger partial charge is 0.493 e. The van der Waals surface area contributed by atoms with E-state index in [4.69, 9.17) is 9.47 Å². The average molecular weight is 314 g/mol. The summed E-state index contributed by atoms with van der Waals surface area (Å²) in [4.78, 5) is 1.33. The molecule has 0 atom stereocenters. The molecule has 0 saturated carbocycles.